The molecule has 120 valence electrons. The van der Waals surface area contributed by atoms with E-state index in [-0.39, 0.29) is 12.0 Å². The number of nitrogens with one attached hydrogen (secondary N) is 1. The monoisotopic (exact) mass is 312 g/mol. The normalized spacial score (nSPS) is 26.2. The molecule has 3 atom stereocenters. The Balaban J connectivity index is 1.34. The van der Waals surface area contributed by atoms with Gasteiger partial charge in [-0.3, -0.25) is 4.79 Å². The molecule has 1 amide bonds. The topological polar surface area (TPSA) is 64.4 Å². The second-order valence-corrected chi connectivity index (χ2v) is 6.29. The van der Waals surface area contributed by atoms with Crippen molar-refractivity contribution in [1.82, 2.24) is 10.3 Å². The van der Waals surface area contributed by atoms with Gasteiger partial charge in [0.15, 0.2) is 17.8 Å². The van der Waals surface area contributed by atoms with Gasteiger partial charge in [-0.25, -0.2) is 4.98 Å². The van der Waals surface area contributed by atoms with Gasteiger partial charge in [0, 0.05) is 13.2 Å². The van der Waals surface area contributed by atoms with Crippen molar-refractivity contribution >= 4 is 5.91 Å². The van der Waals surface area contributed by atoms with Gasteiger partial charge < -0.3 is 14.5 Å². The highest BCUT2D eigenvalue weighted by Crippen LogP contribution is 2.46. The average Bonchev–Trinajstić information content (AvgIpc) is 2.99. The third-order valence-corrected chi connectivity index (χ3v) is 4.71. The number of oxazole rings is 1. The number of ether oxygens (including phenoxy) is 1. The molecule has 2 aromatic rings. The van der Waals surface area contributed by atoms with Gasteiger partial charge in [0.25, 0.3) is 5.91 Å². The second kappa shape index (κ2) is 6.16. The summed E-state index contributed by atoms with van der Waals surface area (Å²) in [7, 11) is 0. The summed E-state index contributed by atoms with van der Waals surface area (Å²) < 4.78 is 11.0. The number of rotatable bonds is 5. The van der Waals surface area contributed by atoms with Gasteiger partial charge in [0.05, 0.1) is 0 Å². The first-order valence-electron chi connectivity index (χ1n) is 8.21. The quantitative estimate of drug-likeness (QED) is 0.921. The highest BCUT2D eigenvalue weighted by molar-refractivity contribution is 5.93. The Morgan fingerprint density at radius 2 is 2.17 bits per heavy atom. The van der Waals surface area contributed by atoms with E-state index in [1.807, 2.05) is 6.07 Å². The van der Waals surface area contributed by atoms with Crippen LogP contribution < -0.4 is 5.32 Å². The Kier molecular flexibility index (Phi) is 3.87. The van der Waals surface area contributed by atoms with Crippen LogP contribution >= 0.6 is 0 Å². The number of carbonyl (C=O) groups excluding carboxylic acids is 1. The molecule has 0 radical (unpaired) electrons. The number of hydrogen-bond acceptors (Lipinski definition) is 4. The van der Waals surface area contributed by atoms with E-state index in [1.165, 1.54) is 12.0 Å². The van der Waals surface area contributed by atoms with Crippen LogP contribution in [0.3, 0.4) is 0 Å². The molecule has 2 heterocycles. The van der Waals surface area contributed by atoms with Crippen LogP contribution in [0.2, 0.25) is 0 Å². The average molecular weight is 312 g/mol. The van der Waals surface area contributed by atoms with Gasteiger partial charge in [-0.2, -0.15) is 0 Å². The van der Waals surface area contributed by atoms with E-state index >= 15 is 0 Å². The molecule has 1 N–H and O–H groups in total. The number of nitrogens with zero attached hydrogens (tertiary/aromatic N) is 1. The van der Waals surface area contributed by atoms with E-state index in [1.54, 1.807) is 0 Å². The van der Waals surface area contributed by atoms with Crippen molar-refractivity contribution < 1.29 is 13.9 Å². The fourth-order valence-electron chi connectivity index (χ4n) is 3.33. The van der Waals surface area contributed by atoms with Crippen molar-refractivity contribution in [3.63, 3.8) is 0 Å². The molecule has 5 heteroatoms. The van der Waals surface area contributed by atoms with E-state index in [0.717, 1.165) is 19.3 Å². The Morgan fingerprint density at radius 1 is 1.30 bits per heavy atom. The number of amides is 1. The predicted molar refractivity (Wildman–Crippen MR) is 84.1 cm³/mol. The van der Waals surface area contributed by atoms with Crippen molar-refractivity contribution in [3.05, 3.63) is 53.7 Å². The largest absolute Gasteiger partial charge is 0.445 e. The fourth-order valence-corrected chi connectivity index (χ4v) is 3.33. The Morgan fingerprint density at radius 3 is 2.96 bits per heavy atom. The van der Waals surface area contributed by atoms with E-state index in [2.05, 4.69) is 34.6 Å². The molecule has 1 aliphatic heterocycles. The SMILES string of the molecule is O=C(NC[C@@H]1C[C@@H]1c1ccccc1)c1ncoc1[C@@H]1CCCO1. The highest BCUT2D eigenvalue weighted by atomic mass is 16.5. The molecule has 23 heavy (non-hydrogen) atoms. The molecule has 2 aliphatic rings. The Labute approximate surface area is 135 Å². The number of benzene rings is 1. The van der Waals surface area contributed by atoms with Crippen LogP contribution in [-0.4, -0.2) is 24.0 Å². The summed E-state index contributed by atoms with van der Waals surface area (Å²) in [6.07, 6.45) is 4.20. The summed E-state index contributed by atoms with van der Waals surface area (Å²) in [5.41, 5.74) is 1.72. The smallest absolute Gasteiger partial charge is 0.273 e. The van der Waals surface area contributed by atoms with Crippen LogP contribution in [0, 0.1) is 5.92 Å². The summed E-state index contributed by atoms with van der Waals surface area (Å²) in [5.74, 6) is 1.48. The molecule has 1 saturated heterocycles. The lowest BCUT2D eigenvalue weighted by atomic mass is 10.1. The summed E-state index contributed by atoms with van der Waals surface area (Å²) in [5, 5.41) is 2.99. The van der Waals surface area contributed by atoms with Gasteiger partial charge in [0.2, 0.25) is 0 Å². The first kappa shape index (κ1) is 14.5. The molecule has 1 aliphatic carbocycles. The molecular weight excluding hydrogens is 292 g/mol. The van der Waals surface area contributed by atoms with E-state index in [9.17, 15) is 4.79 Å². The van der Waals surface area contributed by atoms with Crippen LogP contribution in [-0.2, 0) is 4.74 Å². The van der Waals surface area contributed by atoms with Gasteiger partial charge in [0.1, 0.15) is 6.10 Å². The maximum Gasteiger partial charge on any atom is 0.273 e. The van der Waals surface area contributed by atoms with Crippen LogP contribution in [0.15, 0.2) is 41.1 Å². The van der Waals surface area contributed by atoms with Crippen LogP contribution in [0.4, 0.5) is 0 Å². The zero-order valence-electron chi connectivity index (χ0n) is 12.9. The first-order valence-corrected chi connectivity index (χ1v) is 8.21. The zero-order chi connectivity index (χ0) is 15.6. The molecule has 0 spiro atoms. The second-order valence-electron chi connectivity index (χ2n) is 6.29. The lowest BCUT2D eigenvalue weighted by Crippen LogP contribution is -2.27. The molecule has 4 rings (SSSR count). The molecule has 1 aromatic carbocycles. The van der Waals surface area contributed by atoms with E-state index < -0.39 is 0 Å². The van der Waals surface area contributed by atoms with E-state index in [0.29, 0.717) is 36.4 Å². The van der Waals surface area contributed by atoms with Gasteiger partial charge in [-0.15, -0.1) is 0 Å². The van der Waals surface area contributed by atoms with Crippen LogP contribution in [0.1, 0.15) is 53.1 Å². The van der Waals surface area contributed by atoms with E-state index in [4.69, 9.17) is 9.15 Å². The van der Waals surface area contributed by atoms with Gasteiger partial charge in [-0.05, 0) is 36.7 Å². The number of carbonyl (C=O) groups is 1. The molecular formula is C18H20N2O3. The predicted octanol–water partition coefficient (Wildman–Crippen LogP) is 3.06. The molecule has 5 nitrogen and oxygen atoms in total. The maximum absolute atomic E-state index is 12.4. The minimum atomic E-state index is -0.164. The van der Waals surface area contributed by atoms with Crippen LogP contribution in [0.5, 0.6) is 0 Å². The van der Waals surface area contributed by atoms with Crippen LogP contribution in [0.25, 0.3) is 0 Å². The van der Waals surface area contributed by atoms with Crippen molar-refractivity contribution in [3.8, 4) is 0 Å². The molecule has 2 fully saturated rings. The van der Waals surface area contributed by atoms with Gasteiger partial charge >= 0.3 is 0 Å². The maximum atomic E-state index is 12.4. The van der Waals surface area contributed by atoms with Crippen molar-refractivity contribution in [2.24, 2.45) is 5.92 Å². The highest BCUT2D eigenvalue weighted by Gasteiger charge is 2.38. The van der Waals surface area contributed by atoms with Crippen molar-refractivity contribution in [1.29, 1.82) is 0 Å². The summed E-state index contributed by atoms with van der Waals surface area (Å²) >= 11 is 0. The number of hydrogen-bond donors (Lipinski definition) is 1. The molecule has 1 aromatic heterocycles. The first-order chi connectivity index (χ1) is 11.3. The van der Waals surface area contributed by atoms with Crippen molar-refractivity contribution in [2.45, 2.75) is 31.3 Å². The van der Waals surface area contributed by atoms with Gasteiger partial charge in [-0.1, -0.05) is 30.3 Å². The Bertz CT molecular complexity index is 677. The third kappa shape index (κ3) is 3.01. The standard InChI is InChI=1S/C18H20N2O3/c21-18(16-17(23-11-20-16)15-7-4-8-22-15)19-10-13-9-14(13)12-5-2-1-3-6-12/h1-3,5-6,11,13-15H,4,7-10H2,(H,19,21)/t13-,14+,15-/m0/s1. The lowest BCUT2D eigenvalue weighted by molar-refractivity contribution is 0.0860. The summed E-state index contributed by atoms with van der Waals surface area (Å²) in [6, 6.07) is 10.5. The lowest BCUT2D eigenvalue weighted by Gasteiger charge is -2.08. The zero-order valence-corrected chi connectivity index (χ0v) is 12.9. The molecule has 1 saturated carbocycles. The number of aromatic nitrogens is 1. The molecule has 0 unspecified atom stereocenters. The minimum Gasteiger partial charge on any atom is -0.445 e. The summed E-state index contributed by atoms with van der Waals surface area (Å²) in [4.78, 5) is 16.4. The Hall–Kier alpha value is -2.14. The third-order valence-electron chi connectivity index (χ3n) is 4.71. The van der Waals surface area contributed by atoms with Crippen molar-refractivity contribution in [2.75, 3.05) is 13.2 Å². The minimum absolute atomic E-state index is 0.128. The summed E-state index contributed by atoms with van der Waals surface area (Å²) in [6.45, 7) is 1.39. The molecule has 0 bridgehead atoms. The fraction of sp³-hybridized carbons (Fsp3) is 0.444.